The van der Waals surface area contributed by atoms with Crippen LogP contribution in [-0.2, 0) is 4.74 Å². The minimum absolute atomic E-state index is 0.256. The molecule has 1 heterocycles. The van der Waals surface area contributed by atoms with Crippen molar-refractivity contribution in [3.63, 3.8) is 0 Å². The molecule has 0 fully saturated rings. The van der Waals surface area contributed by atoms with Crippen LogP contribution in [0.2, 0.25) is 10.0 Å². The van der Waals surface area contributed by atoms with Gasteiger partial charge in [0.1, 0.15) is 0 Å². The quantitative estimate of drug-likeness (QED) is 0.862. The highest BCUT2D eigenvalue weighted by atomic mass is 35.5. The molecular weight excluding hydrogens is 287 g/mol. The van der Waals surface area contributed by atoms with E-state index in [0.29, 0.717) is 27.0 Å². The molecule has 0 aliphatic rings. The average molecular weight is 297 g/mol. The summed E-state index contributed by atoms with van der Waals surface area (Å²) >= 11 is 12.0. The zero-order valence-electron chi connectivity index (χ0n) is 9.98. The maximum Gasteiger partial charge on any atom is 0.340 e. The monoisotopic (exact) mass is 296 g/mol. The van der Waals surface area contributed by atoms with Gasteiger partial charge in [-0.1, -0.05) is 23.2 Å². The van der Waals surface area contributed by atoms with Crippen LogP contribution < -0.4 is 5.73 Å². The molecule has 0 saturated carbocycles. The number of nitrogen functional groups attached to an aromatic ring is 1. The number of esters is 1. The summed E-state index contributed by atoms with van der Waals surface area (Å²) in [6.45, 7) is 0. The third-order valence-corrected chi connectivity index (χ3v) is 3.05. The minimum Gasteiger partial charge on any atom is -0.465 e. The molecule has 0 saturated heterocycles. The van der Waals surface area contributed by atoms with Gasteiger partial charge < -0.3 is 10.5 Å². The number of aromatic nitrogens is 1. The predicted octanol–water partition coefficient (Wildman–Crippen LogP) is 3.42. The predicted molar refractivity (Wildman–Crippen MR) is 75.4 cm³/mol. The van der Waals surface area contributed by atoms with Gasteiger partial charge in [0, 0.05) is 10.6 Å². The molecular formula is C13H10Cl2N2O2. The second-order valence-electron chi connectivity index (χ2n) is 3.78. The van der Waals surface area contributed by atoms with Crippen LogP contribution in [0.4, 0.5) is 5.69 Å². The summed E-state index contributed by atoms with van der Waals surface area (Å²) in [6, 6.07) is 6.44. The molecule has 1 aromatic heterocycles. The first-order valence-electron chi connectivity index (χ1n) is 5.32. The summed E-state index contributed by atoms with van der Waals surface area (Å²) in [5, 5.41) is 0.902. The molecule has 0 unspecified atom stereocenters. The maximum absolute atomic E-state index is 11.8. The Bertz CT molecular complexity index is 645. The van der Waals surface area contributed by atoms with Crippen molar-refractivity contribution < 1.29 is 9.53 Å². The molecule has 2 N–H and O–H groups in total. The first-order chi connectivity index (χ1) is 9.02. The standard InChI is InChI=1S/C13H10Cl2N2O2/c1-19-13(18)10-5-8(16)6-17-12(10)9-3-2-7(14)4-11(9)15/h2-6H,16H2,1H3. The fraction of sp³-hybridized carbons (Fsp3) is 0.0769. The van der Waals surface area contributed by atoms with Gasteiger partial charge in [-0.2, -0.15) is 0 Å². The number of hydrogen-bond donors (Lipinski definition) is 1. The van der Waals surface area contributed by atoms with Crippen molar-refractivity contribution in [1.29, 1.82) is 0 Å². The maximum atomic E-state index is 11.8. The van der Waals surface area contributed by atoms with E-state index in [1.54, 1.807) is 18.2 Å². The molecule has 98 valence electrons. The Labute approximate surface area is 120 Å². The van der Waals surface area contributed by atoms with E-state index in [1.807, 2.05) is 0 Å². The van der Waals surface area contributed by atoms with Crippen molar-refractivity contribution in [2.75, 3.05) is 12.8 Å². The molecule has 0 aliphatic heterocycles. The second kappa shape index (κ2) is 5.47. The Morgan fingerprint density at radius 2 is 2.05 bits per heavy atom. The topological polar surface area (TPSA) is 65.2 Å². The van der Waals surface area contributed by atoms with Crippen molar-refractivity contribution >= 4 is 34.9 Å². The van der Waals surface area contributed by atoms with Gasteiger partial charge in [-0.25, -0.2) is 4.79 Å². The zero-order valence-corrected chi connectivity index (χ0v) is 11.5. The van der Waals surface area contributed by atoms with Crippen LogP contribution in [0.25, 0.3) is 11.3 Å². The second-order valence-corrected chi connectivity index (χ2v) is 4.62. The average Bonchev–Trinajstić information content (AvgIpc) is 2.38. The smallest absolute Gasteiger partial charge is 0.340 e. The van der Waals surface area contributed by atoms with E-state index in [4.69, 9.17) is 33.7 Å². The van der Waals surface area contributed by atoms with E-state index >= 15 is 0 Å². The summed E-state index contributed by atoms with van der Waals surface area (Å²) in [6.07, 6.45) is 1.45. The Hall–Kier alpha value is -1.78. The van der Waals surface area contributed by atoms with Gasteiger partial charge in [0.05, 0.1) is 35.3 Å². The minimum atomic E-state index is -0.527. The van der Waals surface area contributed by atoms with Gasteiger partial charge in [-0.15, -0.1) is 0 Å². The van der Waals surface area contributed by atoms with E-state index in [-0.39, 0.29) is 5.56 Å². The molecule has 0 radical (unpaired) electrons. The number of halogens is 2. The first kappa shape index (κ1) is 13.6. The number of benzene rings is 1. The van der Waals surface area contributed by atoms with Crippen molar-refractivity contribution in [3.05, 3.63) is 46.1 Å². The van der Waals surface area contributed by atoms with Crippen molar-refractivity contribution in [2.45, 2.75) is 0 Å². The summed E-state index contributed by atoms with van der Waals surface area (Å²) in [7, 11) is 1.29. The Morgan fingerprint density at radius 1 is 1.32 bits per heavy atom. The molecule has 0 amide bonds. The molecule has 6 heteroatoms. The fourth-order valence-corrected chi connectivity index (χ4v) is 2.14. The molecule has 0 spiro atoms. The highest BCUT2D eigenvalue weighted by Crippen LogP contribution is 2.32. The fourth-order valence-electron chi connectivity index (χ4n) is 1.64. The molecule has 4 nitrogen and oxygen atoms in total. The lowest BCUT2D eigenvalue weighted by molar-refractivity contribution is 0.0601. The normalized spacial score (nSPS) is 10.3. The van der Waals surface area contributed by atoms with E-state index in [2.05, 4.69) is 4.98 Å². The van der Waals surface area contributed by atoms with Gasteiger partial charge in [0.2, 0.25) is 0 Å². The molecule has 0 aliphatic carbocycles. The lowest BCUT2D eigenvalue weighted by atomic mass is 10.1. The first-order valence-corrected chi connectivity index (χ1v) is 6.07. The summed E-state index contributed by atoms with van der Waals surface area (Å²) in [5.74, 6) is -0.527. The number of nitrogens with zero attached hydrogens (tertiary/aromatic N) is 1. The largest absolute Gasteiger partial charge is 0.465 e. The third kappa shape index (κ3) is 2.80. The van der Waals surface area contributed by atoms with Crippen LogP contribution in [0.15, 0.2) is 30.5 Å². The van der Waals surface area contributed by atoms with Gasteiger partial charge >= 0.3 is 5.97 Å². The Balaban J connectivity index is 2.64. The highest BCUT2D eigenvalue weighted by molar-refractivity contribution is 6.36. The SMILES string of the molecule is COC(=O)c1cc(N)cnc1-c1ccc(Cl)cc1Cl. The van der Waals surface area contributed by atoms with Crippen LogP contribution in [0.5, 0.6) is 0 Å². The van der Waals surface area contributed by atoms with Gasteiger partial charge in [-0.3, -0.25) is 4.98 Å². The van der Waals surface area contributed by atoms with E-state index in [1.165, 1.54) is 19.4 Å². The van der Waals surface area contributed by atoms with Gasteiger partial charge in [0.25, 0.3) is 0 Å². The number of anilines is 1. The number of nitrogens with two attached hydrogens (primary N) is 1. The van der Waals surface area contributed by atoms with Crippen LogP contribution in [0.1, 0.15) is 10.4 Å². The number of rotatable bonds is 2. The molecule has 0 bridgehead atoms. The molecule has 0 atom stereocenters. The number of ether oxygens (including phenoxy) is 1. The van der Waals surface area contributed by atoms with Crippen LogP contribution in [-0.4, -0.2) is 18.1 Å². The van der Waals surface area contributed by atoms with E-state index < -0.39 is 5.97 Å². The van der Waals surface area contributed by atoms with Crippen molar-refractivity contribution in [2.24, 2.45) is 0 Å². The van der Waals surface area contributed by atoms with Crippen LogP contribution >= 0.6 is 23.2 Å². The number of pyridine rings is 1. The summed E-state index contributed by atoms with van der Waals surface area (Å²) in [4.78, 5) is 15.9. The lowest BCUT2D eigenvalue weighted by Crippen LogP contribution is -2.06. The zero-order chi connectivity index (χ0) is 14.0. The van der Waals surface area contributed by atoms with Gasteiger partial charge in [-0.05, 0) is 24.3 Å². The number of hydrogen-bond acceptors (Lipinski definition) is 4. The van der Waals surface area contributed by atoms with E-state index in [9.17, 15) is 4.79 Å². The summed E-state index contributed by atoms with van der Waals surface area (Å²) < 4.78 is 4.71. The highest BCUT2D eigenvalue weighted by Gasteiger charge is 2.17. The third-order valence-electron chi connectivity index (χ3n) is 2.50. The number of carbonyl (C=O) groups is 1. The molecule has 19 heavy (non-hydrogen) atoms. The Kier molecular flexibility index (Phi) is 3.93. The Morgan fingerprint density at radius 3 is 2.68 bits per heavy atom. The number of methoxy groups -OCH3 is 1. The number of carbonyl (C=O) groups excluding carboxylic acids is 1. The van der Waals surface area contributed by atoms with E-state index in [0.717, 1.165) is 0 Å². The van der Waals surface area contributed by atoms with Crippen LogP contribution in [0.3, 0.4) is 0 Å². The van der Waals surface area contributed by atoms with Crippen molar-refractivity contribution in [1.82, 2.24) is 4.98 Å². The van der Waals surface area contributed by atoms with Gasteiger partial charge in [0.15, 0.2) is 0 Å². The molecule has 1 aromatic carbocycles. The van der Waals surface area contributed by atoms with Crippen LogP contribution in [0, 0.1) is 0 Å². The summed E-state index contributed by atoms with van der Waals surface area (Å²) in [5.41, 5.74) is 7.26. The lowest BCUT2D eigenvalue weighted by Gasteiger charge is -2.09. The molecule has 2 rings (SSSR count). The molecule has 2 aromatic rings. The van der Waals surface area contributed by atoms with Crippen molar-refractivity contribution in [3.8, 4) is 11.3 Å².